The van der Waals surface area contributed by atoms with Crippen LogP contribution in [0.15, 0.2) is 4.99 Å². The Morgan fingerprint density at radius 1 is 1.07 bits per heavy atom. The number of carbonyl (C=O) groups excluding carboxylic acids is 3. The molecule has 0 aromatic rings. The maximum atomic E-state index is 12.1. The van der Waals surface area contributed by atoms with E-state index in [0.29, 0.717) is 0 Å². The molecule has 0 aliphatic heterocycles. The molecule has 166 valence electrons. The fourth-order valence-electron chi connectivity index (χ4n) is 1.98. The van der Waals surface area contributed by atoms with Crippen molar-refractivity contribution in [3.63, 3.8) is 0 Å². The van der Waals surface area contributed by atoms with Crippen LogP contribution in [0.5, 0.6) is 0 Å². The van der Waals surface area contributed by atoms with E-state index in [1.54, 1.807) is 0 Å². The van der Waals surface area contributed by atoms with Crippen molar-refractivity contribution in [3.05, 3.63) is 0 Å². The first kappa shape index (κ1) is 26.0. The molecular weight excluding hydrogens is 390 g/mol. The van der Waals surface area contributed by atoms with E-state index in [2.05, 4.69) is 20.9 Å². The number of aliphatic carboxylic acids is 1. The number of guanidine groups is 1. The zero-order valence-electron chi connectivity index (χ0n) is 16.0. The van der Waals surface area contributed by atoms with Gasteiger partial charge in [0, 0.05) is 6.54 Å². The number of aliphatic hydroxyl groups is 2. The molecule has 4 atom stereocenters. The summed E-state index contributed by atoms with van der Waals surface area (Å²) in [5.74, 6) is -4.00. The van der Waals surface area contributed by atoms with Crippen molar-refractivity contribution < 1.29 is 34.5 Å². The Balaban J connectivity index is 4.64. The average Bonchev–Trinajstić information content (AvgIpc) is 2.64. The maximum Gasteiger partial charge on any atom is 0.326 e. The molecular formula is C15H29N7O7. The molecule has 0 bridgehead atoms. The number of amides is 3. The number of carboxylic acid groups (broad SMARTS) is 1. The van der Waals surface area contributed by atoms with Gasteiger partial charge in [0.25, 0.3) is 0 Å². The highest BCUT2D eigenvalue weighted by molar-refractivity contribution is 5.92. The van der Waals surface area contributed by atoms with Gasteiger partial charge in [-0.15, -0.1) is 0 Å². The second-order valence-electron chi connectivity index (χ2n) is 6.14. The third-order valence-corrected chi connectivity index (χ3v) is 3.64. The summed E-state index contributed by atoms with van der Waals surface area (Å²) in [4.78, 5) is 50.5. The minimum absolute atomic E-state index is 0.0111. The molecule has 14 nitrogen and oxygen atoms in total. The molecule has 0 saturated carbocycles. The van der Waals surface area contributed by atoms with Crippen LogP contribution in [0.1, 0.15) is 19.8 Å². The molecule has 0 aromatic heterocycles. The van der Waals surface area contributed by atoms with E-state index in [-0.39, 0.29) is 25.3 Å². The van der Waals surface area contributed by atoms with E-state index in [1.165, 1.54) is 6.92 Å². The summed E-state index contributed by atoms with van der Waals surface area (Å²) in [5, 5.41) is 34.2. The highest BCUT2D eigenvalue weighted by Crippen LogP contribution is 2.00. The fourth-order valence-corrected chi connectivity index (χ4v) is 1.98. The first-order valence-corrected chi connectivity index (χ1v) is 8.69. The van der Waals surface area contributed by atoms with Gasteiger partial charge in [-0.05, 0) is 19.8 Å². The molecule has 0 aliphatic rings. The van der Waals surface area contributed by atoms with Gasteiger partial charge >= 0.3 is 5.97 Å². The van der Waals surface area contributed by atoms with Crippen LogP contribution in [0, 0.1) is 0 Å². The number of rotatable bonds is 13. The molecule has 0 fully saturated rings. The van der Waals surface area contributed by atoms with Crippen LogP contribution in [-0.4, -0.2) is 88.9 Å². The molecule has 14 heteroatoms. The molecule has 0 saturated heterocycles. The predicted molar refractivity (Wildman–Crippen MR) is 101 cm³/mol. The van der Waals surface area contributed by atoms with E-state index >= 15 is 0 Å². The van der Waals surface area contributed by atoms with Gasteiger partial charge in [-0.25, -0.2) is 4.79 Å². The summed E-state index contributed by atoms with van der Waals surface area (Å²) >= 11 is 0. The molecule has 0 aromatic carbocycles. The van der Waals surface area contributed by atoms with Gasteiger partial charge < -0.3 is 48.5 Å². The van der Waals surface area contributed by atoms with E-state index in [0.717, 1.165) is 0 Å². The Bertz CT molecular complexity index is 608. The first-order chi connectivity index (χ1) is 13.5. The molecule has 0 radical (unpaired) electrons. The fraction of sp³-hybridized carbons (Fsp3) is 0.667. The Hall–Kier alpha value is -2.97. The van der Waals surface area contributed by atoms with Gasteiger partial charge in [-0.2, -0.15) is 0 Å². The number of hydrogen-bond acceptors (Lipinski definition) is 8. The van der Waals surface area contributed by atoms with Gasteiger partial charge in [0.15, 0.2) is 5.96 Å². The Morgan fingerprint density at radius 2 is 1.69 bits per heavy atom. The van der Waals surface area contributed by atoms with Crippen LogP contribution in [0.2, 0.25) is 0 Å². The SMILES string of the molecule is CC(O)C(N)C(=O)NCC(=O)NC(CO)C(=O)NC(CCCN=C(N)N)C(=O)O. The second kappa shape index (κ2) is 13.2. The number of aliphatic hydroxyl groups excluding tert-OH is 2. The zero-order chi connectivity index (χ0) is 22.6. The number of aliphatic imine (C=N–C) groups is 1. The maximum absolute atomic E-state index is 12.1. The molecule has 4 unspecified atom stereocenters. The number of hydrogen-bond donors (Lipinski definition) is 9. The Labute approximate surface area is 166 Å². The predicted octanol–water partition coefficient (Wildman–Crippen LogP) is -5.09. The van der Waals surface area contributed by atoms with E-state index in [1.807, 2.05) is 0 Å². The van der Waals surface area contributed by atoms with E-state index in [4.69, 9.17) is 17.2 Å². The van der Waals surface area contributed by atoms with Crippen molar-refractivity contribution in [3.8, 4) is 0 Å². The number of carbonyl (C=O) groups is 4. The molecule has 12 N–H and O–H groups in total. The van der Waals surface area contributed by atoms with Gasteiger partial charge in [0.05, 0.1) is 19.3 Å². The van der Waals surface area contributed by atoms with Crippen molar-refractivity contribution in [1.82, 2.24) is 16.0 Å². The minimum Gasteiger partial charge on any atom is -0.480 e. The zero-order valence-corrected chi connectivity index (χ0v) is 16.0. The van der Waals surface area contributed by atoms with E-state index < -0.39 is 61.1 Å². The highest BCUT2D eigenvalue weighted by Gasteiger charge is 2.26. The van der Waals surface area contributed by atoms with Crippen molar-refractivity contribution in [2.75, 3.05) is 19.7 Å². The molecule has 0 spiro atoms. The van der Waals surface area contributed by atoms with Gasteiger partial charge in [-0.3, -0.25) is 19.4 Å². The van der Waals surface area contributed by atoms with Crippen LogP contribution >= 0.6 is 0 Å². The summed E-state index contributed by atoms with van der Waals surface area (Å²) < 4.78 is 0. The summed E-state index contributed by atoms with van der Waals surface area (Å²) in [5.41, 5.74) is 15.7. The van der Waals surface area contributed by atoms with Crippen molar-refractivity contribution in [2.24, 2.45) is 22.2 Å². The lowest BCUT2D eigenvalue weighted by atomic mass is 10.1. The van der Waals surface area contributed by atoms with Crippen LogP contribution in [0.4, 0.5) is 0 Å². The molecule has 3 amide bonds. The quantitative estimate of drug-likeness (QED) is 0.0779. The topological polar surface area (TPSA) is 255 Å². The smallest absolute Gasteiger partial charge is 0.326 e. The van der Waals surface area contributed by atoms with Crippen molar-refractivity contribution in [2.45, 2.75) is 44.0 Å². The summed E-state index contributed by atoms with van der Waals surface area (Å²) in [6.45, 7) is 0.0893. The number of carboxylic acids is 1. The molecule has 0 aliphatic carbocycles. The van der Waals surface area contributed by atoms with Crippen molar-refractivity contribution in [1.29, 1.82) is 0 Å². The van der Waals surface area contributed by atoms with E-state index in [9.17, 15) is 34.5 Å². The van der Waals surface area contributed by atoms with Gasteiger partial charge in [0.2, 0.25) is 17.7 Å². The van der Waals surface area contributed by atoms with Gasteiger partial charge in [-0.1, -0.05) is 0 Å². The molecule has 0 heterocycles. The summed E-state index contributed by atoms with van der Waals surface area (Å²) in [6.07, 6.45) is -0.855. The largest absolute Gasteiger partial charge is 0.480 e. The monoisotopic (exact) mass is 419 g/mol. The first-order valence-electron chi connectivity index (χ1n) is 8.69. The normalized spacial score (nSPS) is 14.6. The summed E-state index contributed by atoms with van der Waals surface area (Å²) in [7, 11) is 0. The van der Waals surface area contributed by atoms with Crippen LogP contribution < -0.4 is 33.2 Å². The minimum atomic E-state index is -1.44. The third-order valence-electron chi connectivity index (χ3n) is 3.64. The summed E-state index contributed by atoms with van der Waals surface area (Å²) in [6, 6.07) is -3.97. The highest BCUT2D eigenvalue weighted by atomic mass is 16.4. The second-order valence-corrected chi connectivity index (χ2v) is 6.14. The van der Waals surface area contributed by atoms with Crippen LogP contribution in [-0.2, 0) is 19.2 Å². The lowest BCUT2D eigenvalue weighted by molar-refractivity contribution is -0.142. The van der Waals surface area contributed by atoms with Gasteiger partial charge in [0.1, 0.15) is 18.1 Å². The lowest BCUT2D eigenvalue weighted by Crippen LogP contribution is -2.55. The standard InChI is InChI=1S/C15H29N7O7/c1-7(24)11(16)13(27)20-5-10(25)21-9(6-23)12(26)22-8(14(28)29)3-2-4-19-15(17)18/h7-9,11,23-24H,2-6,16H2,1H3,(H,20,27)(H,21,25)(H,22,26)(H,28,29)(H4,17,18,19). The van der Waals surface area contributed by atoms with Crippen molar-refractivity contribution >= 4 is 29.7 Å². The third kappa shape index (κ3) is 10.8. The van der Waals surface area contributed by atoms with Crippen LogP contribution in [0.3, 0.4) is 0 Å². The Morgan fingerprint density at radius 3 is 2.17 bits per heavy atom. The number of nitrogens with one attached hydrogen (secondary N) is 3. The average molecular weight is 419 g/mol. The molecule has 0 rings (SSSR count). The number of nitrogens with two attached hydrogens (primary N) is 3. The molecule has 29 heavy (non-hydrogen) atoms. The van der Waals surface area contributed by atoms with Crippen LogP contribution in [0.25, 0.3) is 0 Å². The lowest BCUT2D eigenvalue weighted by Gasteiger charge is -2.20. The Kier molecular flexibility index (Phi) is 11.9. The number of nitrogens with zero attached hydrogens (tertiary/aromatic N) is 1.